The van der Waals surface area contributed by atoms with Crippen LogP contribution >= 0.6 is 0 Å². The molecular formula is C18H21NO2. The number of hydrogen-bond acceptors (Lipinski definition) is 2. The van der Waals surface area contributed by atoms with Gasteiger partial charge in [-0.1, -0.05) is 29.8 Å². The van der Waals surface area contributed by atoms with E-state index < -0.39 is 0 Å². The number of hydrogen-bond donors (Lipinski definition) is 0. The van der Waals surface area contributed by atoms with Gasteiger partial charge >= 0.3 is 0 Å². The number of ether oxygens (including phenoxy) is 1. The molecule has 0 saturated carbocycles. The second kappa shape index (κ2) is 6.44. The molecule has 1 amide bonds. The van der Waals surface area contributed by atoms with Crippen LogP contribution in [0.5, 0.6) is 5.75 Å². The molecule has 2 aromatic rings. The molecule has 0 fully saturated rings. The summed E-state index contributed by atoms with van der Waals surface area (Å²) in [6.45, 7) is 4.13. The average molecular weight is 283 g/mol. The van der Waals surface area contributed by atoms with Gasteiger partial charge in [0.15, 0.2) is 0 Å². The van der Waals surface area contributed by atoms with Gasteiger partial charge in [-0.15, -0.1) is 0 Å². The summed E-state index contributed by atoms with van der Waals surface area (Å²) in [4.78, 5) is 12.6. The first-order valence-electron chi connectivity index (χ1n) is 6.96. The van der Waals surface area contributed by atoms with Crippen molar-refractivity contribution in [2.75, 3.05) is 19.1 Å². The van der Waals surface area contributed by atoms with Crippen LogP contribution in [0.15, 0.2) is 36.4 Å². The molecule has 3 nitrogen and oxygen atoms in total. The molecule has 2 aromatic carbocycles. The van der Waals surface area contributed by atoms with Crippen molar-refractivity contribution in [3.63, 3.8) is 0 Å². The summed E-state index contributed by atoms with van der Waals surface area (Å²) >= 11 is 0. The van der Waals surface area contributed by atoms with E-state index in [0.29, 0.717) is 0 Å². The van der Waals surface area contributed by atoms with E-state index >= 15 is 0 Å². The first-order chi connectivity index (χ1) is 10.0. The Labute approximate surface area is 126 Å². The molecule has 0 aromatic heterocycles. The second-order valence-corrected chi connectivity index (χ2v) is 5.31. The molecule has 0 radical (unpaired) electrons. The third-order valence-electron chi connectivity index (χ3n) is 3.71. The fraction of sp³-hybridized carbons (Fsp3) is 0.278. The van der Waals surface area contributed by atoms with Crippen LogP contribution in [0.4, 0.5) is 5.69 Å². The highest BCUT2D eigenvalue weighted by molar-refractivity contribution is 5.77. The number of aryl methyl sites for hydroxylation is 1. The maximum atomic E-state index is 11.1. The van der Waals surface area contributed by atoms with Gasteiger partial charge in [-0.25, -0.2) is 0 Å². The van der Waals surface area contributed by atoms with E-state index in [9.17, 15) is 4.79 Å². The fourth-order valence-corrected chi connectivity index (χ4v) is 2.50. The molecule has 0 unspecified atom stereocenters. The Bertz CT molecular complexity index is 650. The van der Waals surface area contributed by atoms with Gasteiger partial charge in [-0.3, -0.25) is 4.79 Å². The van der Waals surface area contributed by atoms with Crippen molar-refractivity contribution in [1.82, 2.24) is 0 Å². The highest BCUT2D eigenvalue weighted by Crippen LogP contribution is 2.29. The monoisotopic (exact) mass is 283 g/mol. The maximum absolute atomic E-state index is 11.1. The maximum Gasteiger partial charge on any atom is 0.213 e. The molecule has 0 aliphatic heterocycles. The summed E-state index contributed by atoms with van der Waals surface area (Å²) in [6, 6.07) is 12.4. The van der Waals surface area contributed by atoms with Crippen LogP contribution in [-0.2, 0) is 11.2 Å². The normalized spacial score (nSPS) is 10.3. The van der Waals surface area contributed by atoms with Crippen molar-refractivity contribution in [3.05, 3.63) is 58.7 Å². The number of nitrogens with zero attached hydrogens (tertiary/aromatic N) is 1. The largest absolute Gasteiger partial charge is 0.497 e. The minimum absolute atomic E-state index is 0.770. The zero-order chi connectivity index (χ0) is 15.4. The van der Waals surface area contributed by atoms with E-state index in [-0.39, 0.29) is 0 Å². The highest BCUT2D eigenvalue weighted by Gasteiger charge is 2.11. The van der Waals surface area contributed by atoms with Gasteiger partial charge in [0.25, 0.3) is 0 Å². The second-order valence-electron chi connectivity index (χ2n) is 5.31. The van der Waals surface area contributed by atoms with E-state index in [1.165, 1.54) is 16.7 Å². The van der Waals surface area contributed by atoms with Crippen molar-refractivity contribution in [1.29, 1.82) is 0 Å². The van der Waals surface area contributed by atoms with Crippen molar-refractivity contribution in [3.8, 4) is 5.75 Å². The summed E-state index contributed by atoms with van der Waals surface area (Å²) in [6.07, 6.45) is 1.64. The van der Waals surface area contributed by atoms with Gasteiger partial charge in [0.05, 0.1) is 7.11 Å². The topological polar surface area (TPSA) is 29.5 Å². The average Bonchev–Trinajstić information content (AvgIpc) is 2.48. The van der Waals surface area contributed by atoms with Gasteiger partial charge in [-0.2, -0.15) is 0 Å². The number of rotatable bonds is 5. The molecule has 0 atom stereocenters. The van der Waals surface area contributed by atoms with Gasteiger partial charge < -0.3 is 9.64 Å². The lowest BCUT2D eigenvalue weighted by Gasteiger charge is -2.19. The van der Waals surface area contributed by atoms with E-state index in [1.54, 1.807) is 19.1 Å². The van der Waals surface area contributed by atoms with Crippen LogP contribution in [0.25, 0.3) is 0 Å². The molecule has 2 rings (SSSR count). The molecule has 0 spiro atoms. The van der Waals surface area contributed by atoms with Crippen LogP contribution in [-0.4, -0.2) is 20.6 Å². The van der Waals surface area contributed by atoms with Crippen LogP contribution in [0.3, 0.4) is 0 Å². The molecular weight excluding hydrogens is 262 g/mol. The zero-order valence-corrected chi connectivity index (χ0v) is 13.0. The molecule has 110 valence electrons. The third-order valence-corrected chi connectivity index (χ3v) is 3.71. The zero-order valence-electron chi connectivity index (χ0n) is 13.0. The first kappa shape index (κ1) is 15.1. The predicted molar refractivity (Wildman–Crippen MR) is 86.2 cm³/mol. The predicted octanol–water partition coefficient (Wildman–Crippen LogP) is 3.50. The highest BCUT2D eigenvalue weighted by atomic mass is 16.5. The standard InChI is InChI=1S/C18H21NO2/c1-13-6-5-7-15(8-13)9-16-10-17(21-4)11-18(14(16)2)19(3)12-20/h5-8,10-12H,9H2,1-4H3. The summed E-state index contributed by atoms with van der Waals surface area (Å²) < 4.78 is 5.36. The molecule has 3 heteroatoms. The Morgan fingerprint density at radius 3 is 2.57 bits per heavy atom. The van der Waals surface area contributed by atoms with E-state index in [4.69, 9.17) is 4.74 Å². The van der Waals surface area contributed by atoms with E-state index in [0.717, 1.165) is 29.8 Å². The molecule has 0 N–H and O–H groups in total. The number of methoxy groups -OCH3 is 1. The third kappa shape index (κ3) is 3.43. The summed E-state index contributed by atoms with van der Waals surface area (Å²) in [5.74, 6) is 0.770. The molecule has 0 aliphatic carbocycles. The fourth-order valence-electron chi connectivity index (χ4n) is 2.50. The molecule has 0 aliphatic rings. The summed E-state index contributed by atoms with van der Waals surface area (Å²) in [5.41, 5.74) is 5.66. The SMILES string of the molecule is COc1cc(Cc2cccc(C)c2)c(C)c(N(C)C=O)c1. The molecule has 0 saturated heterocycles. The van der Waals surface area contributed by atoms with Crippen molar-refractivity contribution in [2.24, 2.45) is 0 Å². The number of carbonyl (C=O) groups excluding carboxylic acids is 1. The first-order valence-corrected chi connectivity index (χ1v) is 6.96. The van der Waals surface area contributed by atoms with E-state index in [2.05, 4.69) is 31.2 Å². The summed E-state index contributed by atoms with van der Waals surface area (Å²) in [5, 5.41) is 0. The molecule has 0 heterocycles. The lowest BCUT2D eigenvalue weighted by atomic mass is 9.97. The lowest BCUT2D eigenvalue weighted by Crippen LogP contribution is -2.16. The van der Waals surface area contributed by atoms with Gasteiger partial charge in [0.1, 0.15) is 5.75 Å². The van der Waals surface area contributed by atoms with Crippen LogP contribution in [0, 0.1) is 13.8 Å². The molecule has 21 heavy (non-hydrogen) atoms. The van der Waals surface area contributed by atoms with Crippen LogP contribution in [0.2, 0.25) is 0 Å². The quantitative estimate of drug-likeness (QED) is 0.786. The summed E-state index contributed by atoms with van der Waals surface area (Å²) in [7, 11) is 3.40. The smallest absolute Gasteiger partial charge is 0.213 e. The Morgan fingerprint density at radius 1 is 1.19 bits per heavy atom. The number of carbonyl (C=O) groups is 1. The number of benzene rings is 2. The minimum atomic E-state index is 0.770. The van der Waals surface area contributed by atoms with Gasteiger partial charge in [-0.05, 0) is 43.0 Å². The van der Waals surface area contributed by atoms with Gasteiger partial charge in [0.2, 0.25) is 6.41 Å². The van der Waals surface area contributed by atoms with Crippen LogP contribution in [0.1, 0.15) is 22.3 Å². The van der Waals surface area contributed by atoms with Crippen molar-refractivity contribution in [2.45, 2.75) is 20.3 Å². The van der Waals surface area contributed by atoms with E-state index in [1.807, 2.05) is 19.1 Å². The minimum Gasteiger partial charge on any atom is -0.497 e. The Morgan fingerprint density at radius 2 is 1.95 bits per heavy atom. The lowest BCUT2D eigenvalue weighted by molar-refractivity contribution is -0.107. The van der Waals surface area contributed by atoms with Gasteiger partial charge in [0, 0.05) is 18.8 Å². The van der Waals surface area contributed by atoms with Crippen LogP contribution < -0.4 is 9.64 Å². The van der Waals surface area contributed by atoms with Crippen molar-refractivity contribution >= 4 is 12.1 Å². The number of amides is 1. The Hall–Kier alpha value is -2.29. The molecule has 0 bridgehead atoms. The Balaban J connectivity index is 2.44. The Kier molecular flexibility index (Phi) is 4.63. The van der Waals surface area contributed by atoms with Crippen molar-refractivity contribution < 1.29 is 9.53 Å². The number of anilines is 1.